The van der Waals surface area contributed by atoms with Crippen molar-refractivity contribution < 1.29 is 9.59 Å². The fraction of sp³-hybridized carbons (Fsp3) is 0.267. The molecular weight excluding hydrogens is 318 g/mol. The Bertz CT molecular complexity index is 670. The summed E-state index contributed by atoms with van der Waals surface area (Å²) in [6.45, 7) is 4.42. The van der Waals surface area contributed by atoms with E-state index in [9.17, 15) is 9.59 Å². The summed E-state index contributed by atoms with van der Waals surface area (Å²) in [4.78, 5) is 29.1. The van der Waals surface area contributed by atoms with Gasteiger partial charge >= 0.3 is 0 Å². The standard InChI is InChI=1S/C15H17N3O2S2/c1-3-16-14(20)11-9-22-15(17-11)18-13(19)10-7-5-6-8-12(10)21-4-2/h5-9H,3-4H2,1-2H3,(H,16,20)(H,17,18,19). The molecule has 0 atom stereocenters. The zero-order valence-corrected chi connectivity index (χ0v) is 14.0. The highest BCUT2D eigenvalue weighted by atomic mass is 32.2. The van der Waals surface area contributed by atoms with Crippen LogP contribution in [0, 0.1) is 0 Å². The van der Waals surface area contributed by atoms with Crippen molar-refractivity contribution in [3.63, 3.8) is 0 Å². The number of nitrogens with one attached hydrogen (secondary N) is 2. The average Bonchev–Trinajstić information content (AvgIpc) is 2.97. The molecule has 2 amide bonds. The molecule has 2 N–H and O–H groups in total. The van der Waals surface area contributed by atoms with Crippen LogP contribution in [-0.2, 0) is 0 Å². The number of hydrogen-bond donors (Lipinski definition) is 2. The van der Waals surface area contributed by atoms with E-state index in [1.54, 1.807) is 23.2 Å². The van der Waals surface area contributed by atoms with Crippen LogP contribution in [-0.4, -0.2) is 29.1 Å². The van der Waals surface area contributed by atoms with Crippen LogP contribution in [0.3, 0.4) is 0 Å². The topological polar surface area (TPSA) is 71.1 Å². The third kappa shape index (κ3) is 4.08. The molecule has 5 nitrogen and oxygen atoms in total. The smallest absolute Gasteiger partial charge is 0.270 e. The molecule has 0 aliphatic carbocycles. The van der Waals surface area contributed by atoms with Crippen molar-refractivity contribution in [1.82, 2.24) is 10.3 Å². The summed E-state index contributed by atoms with van der Waals surface area (Å²) < 4.78 is 0. The number of amides is 2. The first kappa shape index (κ1) is 16.5. The highest BCUT2D eigenvalue weighted by molar-refractivity contribution is 7.99. The van der Waals surface area contributed by atoms with Crippen LogP contribution < -0.4 is 10.6 Å². The summed E-state index contributed by atoms with van der Waals surface area (Å²) in [5.74, 6) is 0.442. The van der Waals surface area contributed by atoms with E-state index in [0.717, 1.165) is 10.6 Å². The van der Waals surface area contributed by atoms with Crippen molar-refractivity contribution in [2.45, 2.75) is 18.7 Å². The molecule has 2 rings (SSSR count). The molecule has 0 unspecified atom stereocenters. The molecule has 0 fully saturated rings. The third-order valence-corrected chi connectivity index (χ3v) is 4.44. The molecule has 1 heterocycles. The van der Waals surface area contributed by atoms with Gasteiger partial charge in [-0.25, -0.2) is 4.98 Å². The first-order chi connectivity index (χ1) is 10.7. The molecule has 1 aromatic carbocycles. The number of thioether (sulfide) groups is 1. The van der Waals surface area contributed by atoms with Crippen molar-refractivity contribution in [3.8, 4) is 0 Å². The lowest BCUT2D eigenvalue weighted by Crippen LogP contribution is -2.23. The Balaban J connectivity index is 2.11. The Morgan fingerprint density at radius 3 is 2.73 bits per heavy atom. The molecule has 0 aliphatic heterocycles. The molecule has 2 aromatic rings. The lowest BCUT2D eigenvalue weighted by molar-refractivity contribution is 0.0950. The van der Waals surface area contributed by atoms with Gasteiger partial charge in [0.2, 0.25) is 0 Å². The Labute approximate surface area is 137 Å². The van der Waals surface area contributed by atoms with Gasteiger partial charge in [-0.15, -0.1) is 23.1 Å². The molecule has 116 valence electrons. The summed E-state index contributed by atoms with van der Waals surface area (Å²) >= 11 is 2.85. The molecule has 1 aromatic heterocycles. The van der Waals surface area contributed by atoms with Gasteiger partial charge in [-0.3, -0.25) is 14.9 Å². The van der Waals surface area contributed by atoms with Crippen LogP contribution in [0.15, 0.2) is 34.5 Å². The van der Waals surface area contributed by atoms with Gasteiger partial charge in [-0.1, -0.05) is 19.1 Å². The van der Waals surface area contributed by atoms with Gasteiger partial charge in [0.05, 0.1) is 5.56 Å². The predicted molar refractivity (Wildman–Crippen MR) is 90.9 cm³/mol. The number of carbonyl (C=O) groups is 2. The van der Waals surface area contributed by atoms with Gasteiger partial charge in [-0.2, -0.15) is 0 Å². The monoisotopic (exact) mass is 335 g/mol. The summed E-state index contributed by atoms with van der Waals surface area (Å²) in [5.41, 5.74) is 0.933. The number of aromatic nitrogens is 1. The van der Waals surface area contributed by atoms with Gasteiger partial charge < -0.3 is 5.32 Å². The van der Waals surface area contributed by atoms with E-state index >= 15 is 0 Å². The van der Waals surface area contributed by atoms with Gasteiger partial charge in [0.25, 0.3) is 11.8 Å². The quantitative estimate of drug-likeness (QED) is 0.795. The maximum absolute atomic E-state index is 12.4. The van der Waals surface area contributed by atoms with E-state index in [1.165, 1.54) is 11.3 Å². The molecule has 0 bridgehead atoms. The van der Waals surface area contributed by atoms with Gasteiger partial charge in [0.1, 0.15) is 5.69 Å². The van der Waals surface area contributed by atoms with Crippen molar-refractivity contribution in [3.05, 3.63) is 40.9 Å². The Kier molecular flexibility index (Phi) is 5.97. The second-order valence-corrected chi connectivity index (χ2v) is 6.44. The summed E-state index contributed by atoms with van der Waals surface area (Å²) in [6.07, 6.45) is 0. The second kappa shape index (κ2) is 7.95. The van der Waals surface area contributed by atoms with Crippen LogP contribution in [0.2, 0.25) is 0 Å². The lowest BCUT2D eigenvalue weighted by Gasteiger charge is -2.07. The minimum absolute atomic E-state index is 0.214. The molecule has 0 aliphatic rings. The Morgan fingerprint density at radius 1 is 1.23 bits per heavy atom. The number of nitrogens with zero attached hydrogens (tertiary/aromatic N) is 1. The van der Waals surface area contributed by atoms with Crippen molar-refractivity contribution in [1.29, 1.82) is 0 Å². The molecule has 0 radical (unpaired) electrons. The van der Waals surface area contributed by atoms with E-state index < -0.39 is 0 Å². The van der Waals surface area contributed by atoms with E-state index in [-0.39, 0.29) is 11.8 Å². The second-order valence-electron chi connectivity index (χ2n) is 4.28. The molecule has 7 heteroatoms. The van der Waals surface area contributed by atoms with Crippen molar-refractivity contribution in [2.75, 3.05) is 17.6 Å². The SMILES string of the molecule is CCNC(=O)c1csc(NC(=O)c2ccccc2SCC)n1. The number of hydrogen-bond acceptors (Lipinski definition) is 5. The van der Waals surface area contributed by atoms with E-state index in [2.05, 4.69) is 15.6 Å². The average molecular weight is 335 g/mol. The number of carbonyl (C=O) groups excluding carboxylic acids is 2. The zero-order valence-electron chi connectivity index (χ0n) is 12.4. The fourth-order valence-corrected chi connectivity index (χ4v) is 3.27. The van der Waals surface area contributed by atoms with Crippen LogP contribution in [0.4, 0.5) is 5.13 Å². The van der Waals surface area contributed by atoms with Crippen LogP contribution in [0.1, 0.15) is 34.7 Å². The molecule has 0 saturated heterocycles. The number of thiazole rings is 1. The molecule has 0 spiro atoms. The zero-order chi connectivity index (χ0) is 15.9. The first-order valence-electron chi connectivity index (χ1n) is 6.92. The normalized spacial score (nSPS) is 10.3. The highest BCUT2D eigenvalue weighted by Crippen LogP contribution is 2.24. The minimum atomic E-state index is -0.235. The minimum Gasteiger partial charge on any atom is -0.351 e. The van der Waals surface area contributed by atoms with Crippen LogP contribution >= 0.6 is 23.1 Å². The van der Waals surface area contributed by atoms with Crippen molar-refractivity contribution >= 4 is 40.0 Å². The van der Waals surface area contributed by atoms with Crippen LogP contribution in [0.25, 0.3) is 0 Å². The first-order valence-corrected chi connectivity index (χ1v) is 8.79. The molecular formula is C15H17N3O2S2. The predicted octanol–water partition coefficient (Wildman–Crippen LogP) is 3.26. The maximum Gasteiger partial charge on any atom is 0.270 e. The van der Waals surface area contributed by atoms with E-state index in [1.807, 2.05) is 32.0 Å². The third-order valence-electron chi connectivity index (χ3n) is 2.73. The fourth-order valence-electron chi connectivity index (χ4n) is 1.79. The van der Waals surface area contributed by atoms with E-state index in [0.29, 0.717) is 22.9 Å². The number of rotatable bonds is 6. The maximum atomic E-state index is 12.4. The Hall–Kier alpha value is -1.86. The van der Waals surface area contributed by atoms with Crippen molar-refractivity contribution in [2.24, 2.45) is 0 Å². The molecule has 22 heavy (non-hydrogen) atoms. The highest BCUT2D eigenvalue weighted by Gasteiger charge is 2.15. The van der Waals surface area contributed by atoms with Gasteiger partial charge in [0.15, 0.2) is 5.13 Å². The number of anilines is 1. The van der Waals surface area contributed by atoms with Gasteiger partial charge in [0, 0.05) is 16.8 Å². The van der Waals surface area contributed by atoms with E-state index in [4.69, 9.17) is 0 Å². The van der Waals surface area contributed by atoms with Crippen LogP contribution in [0.5, 0.6) is 0 Å². The lowest BCUT2D eigenvalue weighted by atomic mass is 10.2. The summed E-state index contributed by atoms with van der Waals surface area (Å²) in [6, 6.07) is 7.44. The largest absolute Gasteiger partial charge is 0.351 e. The van der Waals surface area contributed by atoms with Gasteiger partial charge in [-0.05, 0) is 24.8 Å². The number of benzene rings is 1. The molecule has 0 saturated carbocycles. The Morgan fingerprint density at radius 2 is 2.00 bits per heavy atom. The summed E-state index contributed by atoms with van der Waals surface area (Å²) in [7, 11) is 0. The summed E-state index contributed by atoms with van der Waals surface area (Å²) in [5, 5.41) is 7.48.